The third kappa shape index (κ3) is 3.56. The molecule has 144 valence electrons. The Morgan fingerprint density at radius 1 is 1.31 bits per heavy atom. The number of rotatable bonds is 3. The molecule has 1 aromatic rings. The second kappa shape index (κ2) is 7.26. The number of urea groups is 1. The van der Waals surface area contributed by atoms with Crippen LogP contribution in [0.25, 0.3) is 0 Å². The molecule has 0 aromatic carbocycles. The van der Waals surface area contributed by atoms with Gasteiger partial charge in [-0.05, 0) is 13.0 Å². The van der Waals surface area contributed by atoms with Crippen LogP contribution in [0.5, 0.6) is 0 Å². The van der Waals surface area contributed by atoms with E-state index in [1.165, 1.54) is 4.90 Å². The number of aromatic nitrogens is 2. The molecular formula is C18H30N6O2. The lowest BCUT2D eigenvalue weighted by Crippen LogP contribution is -2.46. The van der Waals surface area contributed by atoms with E-state index in [-0.39, 0.29) is 23.9 Å². The first-order chi connectivity index (χ1) is 12.3. The standard InChI is InChI=1S/C18H30N6O2/c1-11(2)12-9-24(10-15(12)19-18(26)22(3)4)17(25)16-13-8-23(5)7-6-14(13)20-21-16/h11-12,15H,6-10H2,1-5H3,(H,19,26)(H,20,21). The molecule has 8 heteroatoms. The number of nitrogens with zero attached hydrogens (tertiary/aromatic N) is 4. The molecule has 8 nitrogen and oxygen atoms in total. The van der Waals surface area contributed by atoms with Gasteiger partial charge in [0.1, 0.15) is 0 Å². The second-order valence-electron chi connectivity index (χ2n) is 8.09. The fraction of sp³-hybridized carbons (Fsp3) is 0.722. The Morgan fingerprint density at radius 3 is 2.69 bits per heavy atom. The Morgan fingerprint density at radius 2 is 2.04 bits per heavy atom. The highest BCUT2D eigenvalue weighted by molar-refractivity contribution is 5.94. The summed E-state index contributed by atoms with van der Waals surface area (Å²) >= 11 is 0. The quantitative estimate of drug-likeness (QED) is 0.832. The molecule has 2 N–H and O–H groups in total. The van der Waals surface area contributed by atoms with Crippen molar-refractivity contribution in [1.82, 2.24) is 30.2 Å². The van der Waals surface area contributed by atoms with Crippen molar-refractivity contribution in [2.75, 3.05) is 40.8 Å². The monoisotopic (exact) mass is 362 g/mol. The van der Waals surface area contributed by atoms with Gasteiger partial charge >= 0.3 is 6.03 Å². The first-order valence-electron chi connectivity index (χ1n) is 9.29. The first kappa shape index (κ1) is 18.7. The predicted octanol–water partition coefficient (Wildman–Crippen LogP) is 0.765. The Balaban J connectivity index is 1.76. The molecule has 2 atom stereocenters. The van der Waals surface area contributed by atoms with Crippen LogP contribution in [-0.4, -0.2) is 83.7 Å². The maximum atomic E-state index is 13.1. The van der Waals surface area contributed by atoms with E-state index in [0.717, 1.165) is 30.8 Å². The average Bonchev–Trinajstić information content (AvgIpc) is 3.18. The van der Waals surface area contributed by atoms with Crippen LogP contribution in [-0.2, 0) is 13.0 Å². The number of nitrogens with one attached hydrogen (secondary N) is 2. The number of H-pyrrole nitrogens is 1. The van der Waals surface area contributed by atoms with Gasteiger partial charge in [-0.3, -0.25) is 9.89 Å². The average molecular weight is 362 g/mol. The molecule has 2 aliphatic rings. The van der Waals surface area contributed by atoms with E-state index < -0.39 is 0 Å². The van der Waals surface area contributed by atoms with E-state index in [1.807, 2.05) is 4.90 Å². The van der Waals surface area contributed by atoms with Crippen molar-refractivity contribution in [2.24, 2.45) is 11.8 Å². The fourth-order valence-corrected chi connectivity index (χ4v) is 3.87. The van der Waals surface area contributed by atoms with Gasteiger partial charge in [-0.15, -0.1) is 0 Å². The van der Waals surface area contributed by atoms with Crippen LogP contribution in [0.3, 0.4) is 0 Å². The van der Waals surface area contributed by atoms with Gasteiger partial charge in [0, 0.05) is 63.9 Å². The van der Waals surface area contributed by atoms with Crippen LogP contribution in [0.4, 0.5) is 4.79 Å². The fourth-order valence-electron chi connectivity index (χ4n) is 3.87. The number of aromatic amines is 1. The van der Waals surface area contributed by atoms with Gasteiger partial charge in [0.05, 0.1) is 6.04 Å². The van der Waals surface area contributed by atoms with E-state index in [1.54, 1.807) is 14.1 Å². The van der Waals surface area contributed by atoms with Crippen LogP contribution < -0.4 is 5.32 Å². The van der Waals surface area contributed by atoms with Crippen molar-refractivity contribution in [2.45, 2.75) is 32.9 Å². The first-order valence-corrected chi connectivity index (χ1v) is 9.29. The van der Waals surface area contributed by atoms with Gasteiger partial charge in [0.15, 0.2) is 5.69 Å². The third-order valence-corrected chi connectivity index (χ3v) is 5.55. The SMILES string of the molecule is CC(C)C1CN(C(=O)c2n[nH]c3c2CN(C)CC3)CC1NC(=O)N(C)C. The summed E-state index contributed by atoms with van der Waals surface area (Å²) < 4.78 is 0. The molecule has 2 aliphatic heterocycles. The molecule has 1 saturated heterocycles. The number of amides is 3. The lowest BCUT2D eigenvalue weighted by molar-refractivity contribution is 0.0774. The molecule has 3 amide bonds. The molecule has 26 heavy (non-hydrogen) atoms. The Labute approximate surface area is 154 Å². The summed E-state index contributed by atoms with van der Waals surface area (Å²) in [6.45, 7) is 7.17. The topological polar surface area (TPSA) is 84.6 Å². The minimum absolute atomic E-state index is 0.0358. The van der Waals surface area contributed by atoms with E-state index in [2.05, 4.69) is 41.3 Å². The molecule has 2 unspecified atom stereocenters. The molecule has 0 radical (unpaired) electrons. The van der Waals surface area contributed by atoms with Gasteiger partial charge in [0.2, 0.25) is 0 Å². The van der Waals surface area contributed by atoms with Gasteiger partial charge in [-0.25, -0.2) is 4.79 Å². The van der Waals surface area contributed by atoms with Gasteiger partial charge in [0.25, 0.3) is 5.91 Å². The van der Waals surface area contributed by atoms with E-state index in [4.69, 9.17) is 0 Å². The highest BCUT2D eigenvalue weighted by atomic mass is 16.2. The zero-order chi connectivity index (χ0) is 19.0. The van der Waals surface area contributed by atoms with E-state index >= 15 is 0 Å². The summed E-state index contributed by atoms with van der Waals surface area (Å²) in [5, 5.41) is 10.4. The Bertz CT molecular complexity index is 683. The van der Waals surface area contributed by atoms with Crippen LogP contribution >= 0.6 is 0 Å². The highest BCUT2D eigenvalue weighted by Crippen LogP contribution is 2.27. The van der Waals surface area contributed by atoms with E-state index in [9.17, 15) is 9.59 Å². The van der Waals surface area contributed by atoms with Gasteiger partial charge in [-0.2, -0.15) is 5.10 Å². The summed E-state index contributed by atoms with van der Waals surface area (Å²) in [6.07, 6.45) is 0.891. The number of carbonyl (C=O) groups is 2. The minimum atomic E-state index is -0.117. The molecular weight excluding hydrogens is 332 g/mol. The molecule has 0 spiro atoms. The van der Waals surface area contributed by atoms with Crippen molar-refractivity contribution < 1.29 is 9.59 Å². The van der Waals surface area contributed by atoms with Crippen LogP contribution in [0.15, 0.2) is 0 Å². The maximum absolute atomic E-state index is 13.1. The zero-order valence-corrected chi connectivity index (χ0v) is 16.4. The maximum Gasteiger partial charge on any atom is 0.317 e. The summed E-state index contributed by atoms with van der Waals surface area (Å²) in [4.78, 5) is 30.8. The van der Waals surface area contributed by atoms with Crippen molar-refractivity contribution in [3.05, 3.63) is 17.0 Å². The number of fused-ring (bicyclic) bond motifs is 1. The number of likely N-dealkylation sites (tertiary alicyclic amines) is 1. The lowest BCUT2D eigenvalue weighted by Gasteiger charge is -2.24. The minimum Gasteiger partial charge on any atom is -0.335 e. The van der Waals surface area contributed by atoms with Crippen LogP contribution in [0.1, 0.15) is 35.6 Å². The lowest BCUT2D eigenvalue weighted by atomic mass is 9.91. The summed E-state index contributed by atoms with van der Waals surface area (Å²) in [7, 11) is 5.51. The Kier molecular flexibility index (Phi) is 5.22. The largest absolute Gasteiger partial charge is 0.335 e. The highest BCUT2D eigenvalue weighted by Gasteiger charge is 2.39. The smallest absolute Gasteiger partial charge is 0.317 e. The van der Waals surface area contributed by atoms with E-state index in [0.29, 0.717) is 24.7 Å². The number of carbonyl (C=O) groups excluding carboxylic acids is 2. The van der Waals surface area contributed by atoms with Crippen molar-refractivity contribution in [3.8, 4) is 0 Å². The number of hydrogen-bond acceptors (Lipinski definition) is 4. The van der Waals surface area contributed by atoms with Crippen LogP contribution in [0, 0.1) is 11.8 Å². The summed E-state index contributed by atoms with van der Waals surface area (Å²) in [5.74, 6) is 0.574. The zero-order valence-electron chi connectivity index (χ0n) is 16.4. The molecule has 3 rings (SSSR count). The normalized spacial score (nSPS) is 23.2. The number of hydrogen-bond donors (Lipinski definition) is 2. The number of likely N-dealkylation sites (N-methyl/N-ethyl adjacent to an activating group) is 1. The summed E-state index contributed by atoms with van der Waals surface area (Å²) in [5.41, 5.74) is 2.63. The predicted molar refractivity (Wildman–Crippen MR) is 98.9 cm³/mol. The molecule has 0 aliphatic carbocycles. The molecule has 3 heterocycles. The van der Waals surface area contributed by atoms with Crippen LogP contribution in [0.2, 0.25) is 0 Å². The second-order valence-corrected chi connectivity index (χ2v) is 8.09. The third-order valence-electron chi connectivity index (χ3n) is 5.55. The summed E-state index contributed by atoms with van der Waals surface area (Å²) in [6, 6.07) is -0.153. The molecule has 0 bridgehead atoms. The Hall–Kier alpha value is -2.09. The van der Waals surface area contributed by atoms with Crippen molar-refractivity contribution in [3.63, 3.8) is 0 Å². The molecule has 0 saturated carbocycles. The van der Waals surface area contributed by atoms with Crippen molar-refractivity contribution in [1.29, 1.82) is 0 Å². The van der Waals surface area contributed by atoms with Gasteiger partial charge in [-0.1, -0.05) is 13.8 Å². The molecule has 1 fully saturated rings. The van der Waals surface area contributed by atoms with Crippen molar-refractivity contribution >= 4 is 11.9 Å². The molecule has 1 aromatic heterocycles. The van der Waals surface area contributed by atoms with Gasteiger partial charge < -0.3 is 20.0 Å².